The minimum absolute atomic E-state index is 0.0929. The number of hydrogen-bond donors (Lipinski definition) is 3. The number of phenolic OH excluding ortho intramolecular Hbond substituents is 1. The molecule has 2 aliphatic carbocycles. The van der Waals surface area contributed by atoms with Crippen LogP contribution in [-0.2, 0) is 18.3 Å². The van der Waals surface area contributed by atoms with Crippen LogP contribution in [-0.4, -0.2) is 40.5 Å². The van der Waals surface area contributed by atoms with Crippen molar-refractivity contribution in [2.75, 3.05) is 13.7 Å². The third-order valence-corrected chi connectivity index (χ3v) is 7.91. The highest BCUT2D eigenvalue weighted by molar-refractivity contribution is 5.87. The van der Waals surface area contributed by atoms with Crippen LogP contribution >= 0.6 is 0 Å². The van der Waals surface area contributed by atoms with Gasteiger partial charge in [-0.15, -0.1) is 0 Å². The predicted molar refractivity (Wildman–Crippen MR) is 110 cm³/mol. The number of pyridine rings is 1. The van der Waals surface area contributed by atoms with Gasteiger partial charge >= 0.3 is 0 Å². The molecule has 1 aromatic heterocycles. The maximum absolute atomic E-state index is 12.3. The molecule has 3 heterocycles. The quantitative estimate of drug-likeness (QED) is 0.580. The Morgan fingerprint density at radius 2 is 2.10 bits per heavy atom. The van der Waals surface area contributed by atoms with Crippen LogP contribution in [0.4, 0.5) is 0 Å². The number of aromatic nitrogens is 1. The second-order valence-corrected chi connectivity index (χ2v) is 9.01. The monoisotopic (exact) mass is 402 g/mol. The van der Waals surface area contributed by atoms with Crippen LogP contribution in [0.15, 0.2) is 36.4 Å². The third kappa shape index (κ3) is 1.66. The molecular weight excluding hydrogens is 380 g/mol. The topological polar surface area (TPSA) is 83.8 Å². The standard InChI is InChI=1S/C24H22N2O4/c1-29-20-13-4-2-3-5-15(13)26-19-14(20)11-24(28)17-10-12-6-7-16(27)21-18(12)23(24,8-9-25-17)22(19)30-21/h2-7,17,22,25,27-28H,8-11H2,1H3/t17-,22?,23-,24?/m0/s1. The van der Waals surface area contributed by atoms with E-state index in [9.17, 15) is 10.2 Å². The summed E-state index contributed by atoms with van der Waals surface area (Å²) in [7, 11) is 1.67. The molecule has 1 spiro atoms. The van der Waals surface area contributed by atoms with E-state index in [4.69, 9.17) is 14.5 Å². The molecule has 2 bridgehead atoms. The van der Waals surface area contributed by atoms with Gasteiger partial charge < -0.3 is 25.0 Å². The number of methoxy groups -OCH3 is 1. The largest absolute Gasteiger partial charge is 0.504 e. The van der Waals surface area contributed by atoms with Crippen LogP contribution in [0.5, 0.6) is 17.2 Å². The molecule has 30 heavy (non-hydrogen) atoms. The van der Waals surface area contributed by atoms with Crippen LogP contribution in [0, 0.1) is 0 Å². The zero-order valence-electron chi connectivity index (χ0n) is 16.6. The van der Waals surface area contributed by atoms with Gasteiger partial charge in [-0.25, -0.2) is 4.98 Å². The molecule has 2 aliphatic heterocycles. The number of aliphatic hydroxyl groups is 1. The van der Waals surface area contributed by atoms with Gasteiger partial charge in [0.25, 0.3) is 0 Å². The molecule has 6 nitrogen and oxygen atoms in total. The number of para-hydroxylation sites is 1. The number of piperidine rings is 1. The zero-order chi connectivity index (χ0) is 20.3. The van der Waals surface area contributed by atoms with Crippen LogP contribution in [0.2, 0.25) is 0 Å². The summed E-state index contributed by atoms with van der Waals surface area (Å²) in [4.78, 5) is 5.02. The molecule has 1 saturated heterocycles. The lowest BCUT2D eigenvalue weighted by molar-refractivity contribution is -0.135. The average Bonchev–Trinajstić information content (AvgIpc) is 3.09. The summed E-state index contributed by atoms with van der Waals surface area (Å²) in [5.41, 5.74) is 3.02. The van der Waals surface area contributed by atoms with Crippen molar-refractivity contribution >= 4 is 10.9 Å². The summed E-state index contributed by atoms with van der Waals surface area (Å²) in [5.74, 6) is 1.40. The minimum atomic E-state index is -1.05. The number of fused-ring (bicyclic) bond motifs is 3. The second kappa shape index (κ2) is 5.25. The van der Waals surface area contributed by atoms with Crippen molar-refractivity contribution < 1.29 is 19.7 Å². The molecule has 4 aliphatic rings. The molecule has 2 unspecified atom stereocenters. The van der Waals surface area contributed by atoms with E-state index in [0.717, 1.165) is 52.0 Å². The number of nitrogens with one attached hydrogen (secondary N) is 1. The first-order chi connectivity index (χ1) is 14.6. The van der Waals surface area contributed by atoms with Gasteiger partial charge in [0.05, 0.1) is 29.3 Å². The number of aromatic hydroxyl groups is 1. The first kappa shape index (κ1) is 16.9. The summed E-state index contributed by atoms with van der Waals surface area (Å²) in [6.45, 7) is 0.793. The van der Waals surface area contributed by atoms with E-state index in [2.05, 4.69) is 5.32 Å². The number of phenols is 1. The zero-order valence-corrected chi connectivity index (χ0v) is 16.6. The minimum Gasteiger partial charge on any atom is -0.504 e. The van der Waals surface area contributed by atoms with Gasteiger partial charge in [-0.3, -0.25) is 0 Å². The van der Waals surface area contributed by atoms with Crippen molar-refractivity contribution in [1.29, 1.82) is 0 Å². The van der Waals surface area contributed by atoms with E-state index in [0.29, 0.717) is 18.6 Å². The van der Waals surface area contributed by atoms with E-state index in [-0.39, 0.29) is 11.8 Å². The maximum Gasteiger partial charge on any atom is 0.166 e. The van der Waals surface area contributed by atoms with Crippen molar-refractivity contribution in [3.63, 3.8) is 0 Å². The number of rotatable bonds is 1. The lowest BCUT2D eigenvalue weighted by atomic mass is 9.49. The molecule has 0 saturated carbocycles. The summed E-state index contributed by atoms with van der Waals surface area (Å²) >= 11 is 0. The molecule has 6 heteroatoms. The molecule has 0 radical (unpaired) electrons. The first-order valence-electron chi connectivity index (χ1n) is 10.5. The summed E-state index contributed by atoms with van der Waals surface area (Å²) in [5, 5.41) is 27.5. The second-order valence-electron chi connectivity index (χ2n) is 9.01. The Morgan fingerprint density at radius 1 is 1.23 bits per heavy atom. The Bertz CT molecular complexity index is 1260. The number of benzene rings is 2. The van der Waals surface area contributed by atoms with Crippen molar-refractivity contribution in [2.24, 2.45) is 0 Å². The van der Waals surface area contributed by atoms with Crippen LogP contribution in [0.25, 0.3) is 10.9 Å². The van der Waals surface area contributed by atoms with Gasteiger partial charge in [0.2, 0.25) is 0 Å². The lowest BCUT2D eigenvalue weighted by Crippen LogP contribution is -2.74. The van der Waals surface area contributed by atoms with E-state index < -0.39 is 17.1 Å². The third-order valence-electron chi connectivity index (χ3n) is 7.91. The molecular formula is C24H22N2O4. The lowest BCUT2D eigenvalue weighted by Gasteiger charge is -2.60. The van der Waals surface area contributed by atoms with Gasteiger partial charge in [-0.1, -0.05) is 18.2 Å². The smallest absolute Gasteiger partial charge is 0.166 e. The normalized spacial score (nSPS) is 32.3. The van der Waals surface area contributed by atoms with E-state index >= 15 is 0 Å². The van der Waals surface area contributed by atoms with Gasteiger partial charge in [0.1, 0.15) is 5.75 Å². The van der Waals surface area contributed by atoms with Crippen molar-refractivity contribution in [2.45, 2.75) is 42.4 Å². The molecule has 0 amide bonds. The maximum atomic E-state index is 12.3. The predicted octanol–water partition coefficient (Wildman–Crippen LogP) is 2.53. The number of ether oxygens (including phenoxy) is 2. The Hall–Kier alpha value is -2.83. The first-order valence-corrected chi connectivity index (χ1v) is 10.5. The van der Waals surface area contributed by atoms with Gasteiger partial charge in [-0.2, -0.15) is 0 Å². The molecule has 3 aromatic rings. The van der Waals surface area contributed by atoms with Crippen molar-refractivity contribution in [1.82, 2.24) is 10.3 Å². The molecule has 7 rings (SSSR count). The molecule has 1 fully saturated rings. The fourth-order valence-electron chi connectivity index (χ4n) is 6.74. The van der Waals surface area contributed by atoms with Crippen molar-refractivity contribution in [3.05, 3.63) is 58.8 Å². The van der Waals surface area contributed by atoms with Gasteiger partial charge in [0.15, 0.2) is 17.6 Å². The molecule has 4 atom stereocenters. The van der Waals surface area contributed by atoms with E-state index in [1.807, 2.05) is 30.3 Å². The Labute approximate surface area is 173 Å². The van der Waals surface area contributed by atoms with E-state index in [1.165, 1.54) is 0 Å². The highest BCUT2D eigenvalue weighted by Gasteiger charge is 2.71. The average molecular weight is 402 g/mol. The fraction of sp³-hybridized carbons (Fsp3) is 0.375. The number of hydrogen-bond acceptors (Lipinski definition) is 6. The Balaban J connectivity index is 1.61. The molecule has 152 valence electrons. The number of nitrogens with zero attached hydrogens (tertiary/aromatic N) is 1. The fourth-order valence-corrected chi connectivity index (χ4v) is 6.74. The SMILES string of the molecule is COc1c2c(nc3ccccc13)C1Oc3c(O)ccc4c3[C@@]13CCN[C@@H](C4)C3(O)C2. The van der Waals surface area contributed by atoms with Crippen LogP contribution < -0.4 is 14.8 Å². The van der Waals surface area contributed by atoms with Gasteiger partial charge in [-0.05, 0) is 43.1 Å². The Kier molecular flexibility index (Phi) is 2.96. The van der Waals surface area contributed by atoms with Crippen LogP contribution in [0.1, 0.15) is 34.9 Å². The van der Waals surface area contributed by atoms with Gasteiger partial charge in [0, 0.05) is 29.0 Å². The summed E-state index contributed by atoms with van der Waals surface area (Å²) in [6.07, 6.45) is 1.41. The molecule has 3 N–H and O–H groups in total. The highest BCUT2D eigenvalue weighted by Crippen LogP contribution is 2.68. The van der Waals surface area contributed by atoms with Crippen LogP contribution in [0.3, 0.4) is 0 Å². The van der Waals surface area contributed by atoms with Crippen molar-refractivity contribution in [3.8, 4) is 17.2 Å². The summed E-state index contributed by atoms with van der Waals surface area (Å²) in [6, 6.07) is 11.5. The highest BCUT2D eigenvalue weighted by atomic mass is 16.5. The Morgan fingerprint density at radius 3 is 2.97 bits per heavy atom. The summed E-state index contributed by atoms with van der Waals surface area (Å²) < 4.78 is 12.4. The van der Waals surface area contributed by atoms with E-state index in [1.54, 1.807) is 13.2 Å². The molecule has 2 aromatic carbocycles.